The second kappa shape index (κ2) is 13.4. The third-order valence-corrected chi connectivity index (χ3v) is 13.3. The van der Waals surface area contributed by atoms with Crippen molar-refractivity contribution in [1.82, 2.24) is 9.97 Å². The fourth-order valence-corrected chi connectivity index (χ4v) is 8.77. The van der Waals surface area contributed by atoms with E-state index >= 15 is 0 Å². The number of benzene rings is 6. The van der Waals surface area contributed by atoms with E-state index < -0.39 is 13.3 Å². The molecule has 9 aromatic rings. The molecule has 241 valence electrons. The molecule has 0 N–H and O–H groups in total. The molecule has 0 bridgehead atoms. The fraction of sp³-hybridized carbons (Fsp3) is 0.0909. The van der Waals surface area contributed by atoms with E-state index in [0.29, 0.717) is 0 Å². The number of aromatic nitrogens is 2. The van der Waals surface area contributed by atoms with Crippen LogP contribution in [0.15, 0.2) is 138 Å². The van der Waals surface area contributed by atoms with Gasteiger partial charge in [0.05, 0.1) is 5.58 Å². The summed E-state index contributed by atoms with van der Waals surface area (Å²) >= 11 is -1.72. The molecule has 3 aromatic heterocycles. The van der Waals surface area contributed by atoms with Crippen molar-refractivity contribution in [1.29, 1.82) is 0 Å². The smallest absolute Gasteiger partial charge is 0 e. The van der Waals surface area contributed by atoms with Gasteiger partial charge in [0.15, 0.2) is 0 Å². The molecule has 6 aromatic carbocycles. The fourth-order valence-electron chi connectivity index (χ4n) is 6.60. The van der Waals surface area contributed by atoms with Crippen molar-refractivity contribution in [2.45, 2.75) is 24.2 Å². The van der Waals surface area contributed by atoms with E-state index in [1.165, 1.54) is 36.9 Å². The maximum absolute atomic E-state index is 6.68. The maximum Gasteiger partial charge on any atom is 0 e. The van der Waals surface area contributed by atoms with Crippen molar-refractivity contribution in [3.8, 4) is 22.5 Å². The number of pyridine rings is 2. The SMILES string of the molecule is Cc1ccnc(-c2[c-]ccc3c2oc2c3ccc3c4ccccc4c4ccccc4c32)c1.[CH3][Ge]([CH3])([CH3])[c]1ccc(-c2[c-]cccc2)nc1.[Ir]. The Morgan fingerprint density at radius 1 is 0.571 bits per heavy atom. The van der Waals surface area contributed by atoms with Crippen molar-refractivity contribution >= 4 is 71.9 Å². The Kier molecular flexibility index (Phi) is 8.98. The molecular formula is C44H34GeIrN2O-2. The maximum atomic E-state index is 6.68. The molecule has 0 spiro atoms. The first-order chi connectivity index (χ1) is 23.4. The van der Waals surface area contributed by atoms with E-state index in [-0.39, 0.29) is 20.1 Å². The van der Waals surface area contributed by atoms with Gasteiger partial charge in [-0.15, -0.1) is 18.2 Å². The van der Waals surface area contributed by atoms with Crippen molar-refractivity contribution in [2.75, 3.05) is 0 Å². The van der Waals surface area contributed by atoms with Gasteiger partial charge in [0.2, 0.25) is 0 Å². The number of furan rings is 1. The molecule has 1 radical (unpaired) electrons. The molecule has 5 heteroatoms. The minimum atomic E-state index is -1.72. The molecule has 0 saturated heterocycles. The molecule has 0 aliphatic carbocycles. The van der Waals surface area contributed by atoms with Crippen LogP contribution in [0.4, 0.5) is 0 Å². The average molecular weight is 872 g/mol. The predicted octanol–water partition coefficient (Wildman–Crippen LogP) is 11.3. The second-order valence-electron chi connectivity index (χ2n) is 13.3. The van der Waals surface area contributed by atoms with E-state index in [1.54, 1.807) is 0 Å². The number of rotatable bonds is 3. The number of fused-ring (bicyclic) bond motifs is 10. The van der Waals surface area contributed by atoms with Crippen LogP contribution in [-0.2, 0) is 20.1 Å². The number of nitrogens with zero attached hydrogens (tertiary/aromatic N) is 2. The molecule has 0 amide bonds. The van der Waals surface area contributed by atoms with Crippen LogP contribution in [-0.4, -0.2) is 23.2 Å². The molecule has 0 atom stereocenters. The Bertz CT molecular complexity index is 2570. The van der Waals surface area contributed by atoms with E-state index in [9.17, 15) is 0 Å². The molecular weight excluding hydrogens is 837 g/mol. The topological polar surface area (TPSA) is 38.9 Å². The van der Waals surface area contributed by atoms with E-state index in [1.807, 2.05) is 48.8 Å². The van der Waals surface area contributed by atoms with Crippen LogP contribution in [0, 0.1) is 19.1 Å². The third kappa shape index (κ3) is 6.10. The van der Waals surface area contributed by atoms with Crippen molar-refractivity contribution < 1.29 is 24.5 Å². The molecule has 0 unspecified atom stereocenters. The summed E-state index contributed by atoms with van der Waals surface area (Å²) in [6, 6.07) is 48.7. The third-order valence-electron chi connectivity index (χ3n) is 9.09. The van der Waals surface area contributed by atoms with Crippen molar-refractivity contribution in [2.24, 2.45) is 0 Å². The standard InChI is InChI=1S/C30H18NO.C14H16GeN.Ir/c1-18-15-16-31-27(17-18)26-12-6-11-24-25-14-13-23-21-9-3-2-7-19(21)20-8-4-5-10-22(20)28(23)30(25)32-29(24)26;1-15(2,3)13-9-10-14(16-11-13)12-7-5-4-6-8-12;/h2-11,13-17H,1H3;4-7,9-11H,1-3H3;/q2*-1;. The Morgan fingerprint density at radius 3 is 1.88 bits per heavy atom. The van der Waals surface area contributed by atoms with Gasteiger partial charge in [-0.1, -0.05) is 83.2 Å². The first-order valence-corrected chi connectivity index (χ1v) is 23.7. The molecule has 0 aliphatic rings. The van der Waals surface area contributed by atoms with E-state index in [2.05, 4.69) is 131 Å². The van der Waals surface area contributed by atoms with Gasteiger partial charge in [0.25, 0.3) is 0 Å². The summed E-state index contributed by atoms with van der Waals surface area (Å²) in [7, 11) is 0. The van der Waals surface area contributed by atoms with E-state index in [4.69, 9.17) is 4.42 Å². The van der Waals surface area contributed by atoms with Gasteiger partial charge >= 0.3 is 99.8 Å². The Hall–Kier alpha value is -4.61. The zero-order chi connectivity index (χ0) is 32.8. The summed E-state index contributed by atoms with van der Waals surface area (Å²) in [6.07, 6.45) is 3.88. The van der Waals surface area contributed by atoms with Crippen LogP contribution >= 0.6 is 0 Å². The molecule has 0 fully saturated rings. The normalized spacial score (nSPS) is 11.5. The summed E-state index contributed by atoms with van der Waals surface area (Å²) in [5.41, 5.74) is 6.79. The summed E-state index contributed by atoms with van der Waals surface area (Å²) in [4.78, 5) is 9.12. The summed E-state index contributed by atoms with van der Waals surface area (Å²) in [6.45, 7) is 2.08. The largest absolute Gasteiger partial charge is 0 e. The quantitative estimate of drug-likeness (QED) is 0.101. The first-order valence-electron chi connectivity index (χ1n) is 16.3. The van der Waals surface area contributed by atoms with Gasteiger partial charge in [0.1, 0.15) is 5.58 Å². The van der Waals surface area contributed by atoms with Gasteiger partial charge in [-0.05, 0) is 45.6 Å². The average Bonchev–Trinajstić information content (AvgIpc) is 3.51. The number of aryl methyl sites for hydroxylation is 1. The van der Waals surface area contributed by atoms with Gasteiger partial charge in [0, 0.05) is 37.1 Å². The summed E-state index contributed by atoms with van der Waals surface area (Å²) in [5, 5.41) is 9.56. The minimum absolute atomic E-state index is 0. The molecule has 3 heterocycles. The molecule has 49 heavy (non-hydrogen) atoms. The molecule has 9 rings (SSSR count). The Labute approximate surface area is 302 Å². The van der Waals surface area contributed by atoms with Crippen LogP contribution in [0.3, 0.4) is 0 Å². The minimum Gasteiger partial charge on any atom is 0 e. The molecule has 0 aliphatic heterocycles. The van der Waals surface area contributed by atoms with Crippen LogP contribution in [0.5, 0.6) is 0 Å². The monoisotopic (exact) mass is 873 g/mol. The van der Waals surface area contributed by atoms with E-state index in [0.717, 1.165) is 49.8 Å². The first kappa shape index (κ1) is 32.9. The summed E-state index contributed by atoms with van der Waals surface area (Å²) < 4.78 is 8.12. The predicted molar refractivity (Wildman–Crippen MR) is 205 cm³/mol. The van der Waals surface area contributed by atoms with Gasteiger partial charge in [-0.25, -0.2) is 0 Å². The van der Waals surface area contributed by atoms with Gasteiger partial charge in [-0.2, -0.15) is 0 Å². The molecule has 0 saturated carbocycles. The molecule has 3 nitrogen and oxygen atoms in total. The van der Waals surface area contributed by atoms with Crippen LogP contribution in [0.25, 0.3) is 76.8 Å². The summed E-state index contributed by atoms with van der Waals surface area (Å²) in [5.74, 6) is 7.14. The zero-order valence-electron chi connectivity index (χ0n) is 27.8. The van der Waals surface area contributed by atoms with Gasteiger partial charge in [-0.3, -0.25) is 0 Å². The zero-order valence-corrected chi connectivity index (χ0v) is 32.3. The Morgan fingerprint density at radius 2 is 1.22 bits per heavy atom. The second-order valence-corrected chi connectivity index (χ2v) is 24.0. The Balaban J connectivity index is 0.000000189. The number of hydrogen-bond donors (Lipinski definition) is 0. The van der Waals surface area contributed by atoms with Crippen LogP contribution in [0.2, 0.25) is 17.3 Å². The van der Waals surface area contributed by atoms with Crippen LogP contribution in [0.1, 0.15) is 5.56 Å². The van der Waals surface area contributed by atoms with Crippen molar-refractivity contribution in [3.05, 3.63) is 151 Å². The number of hydrogen-bond acceptors (Lipinski definition) is 3. The van der Waals surface area contributed by atoms with Crippen molar-refractivity contribution in [3.63, 3.8) is 0 Å². The van der Waals surface area contributed by atoms with Gasteiger partial charge < -0.3 is 9.40 Å². The van der Waals surface area contributed by atoms with Crippen LogP contribution < -0.4 is 4.40 Å².